The van der Waals surface area contributed by atoms with Gasteiger partial charge >= 0.3 is 0 Å². The number of rotatable bonds is 7. The standard InChI is InChI=1S/C15H19NO2/c1-16-11-14-7-8-15(18-14)12-17-10-9-13-5-3-2-4-6-13/h2-8,16H,9-12H2,1H3. The molecular weight excluding hydrogens is 226 g/mol. The number of nitrogens with one attached hydrogen (secondary N) is 1. The van der Waals surface area contributed by atoms with Crippen LogP contribution in [0.5, 0.6) is 0 Å². The van der Waals surface area contributed by atoms with Crippen molar-refractivity contribution in [3.05, 3.63) is 59.5 Å². The van der Waals surface area contributed by atoms with Crippen LogP contribution in [0, 0.1) is 0 Å². The van der Waals surface area contributed by atoms with E-state index in [-0.39, 0.29) is 0 Å². The van der Waals surface area contributed by atoms with Gasteiger partial charge in [0.1, 0.15) is 18.1 Å². The smallest absolute Gasteiger partial charge is 0.129 e. The van der Waals surface area contributed by atoms with Crippen LogP contribution in [0.3, 0.4) is 0 Å². The minimum Gasteiger partial charge on any atom is -0.462 e. The van der Waals surface area contributed by atoms with Crippen molar-refractivity contribution < 1.29 is 9.15 Å². The minimum atomic E-state index is 0.538. The molecule has 0 fully saturated rings. The molecule has 0 unspecified atom stereocenters. The molecule has 0 spiro atoms. The average molecular weight is 245 g/mol. The number of furan rings is 1. The zero-order valence-corrected chi connectivity index (χ0v) is 10.7. The van der Waals surface area contributed by atoms with Crippen molar-refractivity contribution in [2.45, 2.75) is 19.6 Å². The van der Waals surface area contributed by atoms with Gasteiger partial charge in [-0.2, -0.15) is 0 Å². The summed E-state index contributed by atoms with van der Waals surface area (Å²) >= 11 is 0. The number of benzene rings is 1. The van der Waals surface area contributed by atoms with E-state index < -0.39 is 0 Å². The monoisotopic (exact) mass is 245 g/mol. The molecule has 0 aliphatic carbocycles. The predicted molar refractivity (Wildman–Crippen MR) is 71.3 cm³/mol. The van der Waals surface area contributed by atoms with E-state index in [9.17, 15) is 0 Å². The van der Waals surface area contributed by atoms with Gasteiger partial charge < -0.3 is 14.5 Å². The Morgan fingerprint density at radius 3 is 2.61 bits per heavy atom. The summed E-state index contributed by atoms with van der Waals surface area (Å²) in [5.41, 5.74) is 1.30. The van der Waals surface area contributed by atoms with Crippen LogP contribution >= 0.6 is 0 Å². The second-order valence-corrected chi connectivity index (χ2v) is 4.19. The van der Waals surface area contributed by atoms with Gasteiger partial charge in [0.15, 0.2) is 0 Å². The highest BCUT2D eigenvalue weighted by Crippen LogP contribution is 2.09. The number of hydrogen-bond acceptors (Lipinski definition) is 3. The summed E-state index contributed by atoms with van der Waals surface area (Å²) in [6.07, 6.45) is 0.935. The van der Waals surface area contributed by atoms with Gasteiger partial charge in [0.2, 0.25) is 0 Å². The lowest BCUT2D eigenvalue weighted by atomic mass is 10.2. The van der Waals surface area contributed by atoms with Crippen LogP contribution < -0.4 is 5.32 Å². The lowest BCUT2D eigenvalue weighted by Gasteiger charge is -2.02. The van der Waals surface area contributed by atoms with Crippen molar-refractivity contribution in [1.82, 2.24) is 5.32 Å². The molecule has 2 rings (SSSR count). The first-order valence-corrected chi connectivity index (χ1v) is 6.22. The second-order valence-electron chi connectivity index (χ2n) is 4.19. The van der Waals surface area contributed by atoms with Crippen LogP contribution in [0.4, 0.5) is 0 Å². The summed E-state index contributed by atoms with van der Waals surface area (Å²) in [5.74, 6) is 1.83. The fourth-order valence-electron chi connectivity index (χ4n) is 1.78. The molecule has 3 nitrogen and oxygen atoms in total. The SMILES string of the molecule is CNCc1ccc(COCCc2ccccc2)o1. The van der Waals surface area contributed by atoms with E-state index in [1.807, 2.05) is 37.4 Å². The quantitative estimate of drug-likeness (QED) is 0.762. The van der Waals surface area contributed by atoms with Crippen molar-refractivity contribution in [3.8, 4) is 0 Å². The summed E-state index contributed by atoms with van der Waals surface area (Å²) in [6, 6.07) is 14.3. The Morgan fingerprint density at radius 1 is 1.06 bits per heavy atom. The molecular formula is C15H19NO2. The molecule has 0 atom stereocenters. The molecule has 0 aliphatic heterocycles. The van der Waals surface area contributed by atoms with Crippen LogP contribution in [0.15, 0.2) is 46.9 Å². The van der Waals surface area contributed by atoms with Gasteiger partial charge in [0, 0.05) is 0 Å². The van der Waals surface area contributed by atoms with E-state index in [0.717, 1.165) is 24.5 Å². The molecule has 1 heterocycles. The van der Waals surface area contributed by atoms with Gasteiger partial charge in [-0.15, -0.1) is 0 Å². The molecule has 0 radical (unpaired) electrons. The molecule has 1 N–H and O–H groups in total. The summed E-state index contributed by atoms with van der Waals surface area (Å²) < 4.78 is 11.2. The Morgan fingerprint density at radius 2 is 1.83 bits per heavy atom. The van der Waals surface area contributed by atoms with Gasteiger partial charge in [-0.25, -0.2) is 0 Å². The summed E-state index contributed by atoms with van der Waals surface area (Å²) in [6.45, 7) is 2.01. The lowest BCUT2D eigenvalue weighted by molar-refractivity contribution is 0.108. The zero-order valence-electron chi connectivity index (χ0n) is 10.7. The molecule has 0 saturated heterocycles. The fraction of sp³-hybridized carbons (Fsp3) is 0.333. The van der Waals surface area contributed by atoms with E-state index in [1.165, 1.54) is 5.56 Å². The van der Waals surface area contributed by atoms with Gasteiger partial charge in [-0.3, -0.25) is 0 Å². The highest BCUT2D eigenvalue weighted by Gasteiger charge is 2.01. The average Bonchev–Trinajstić information content (AvgIpc) is 2.84. The van der Waals surface area contributed by atoms with E-state index in [1.54, 1.807) is 0 Å². The Balaban J connectivity index is 1.68. The number of hydrogen-bond donors (Lipinski definition) is 1. The number of ether oxygens (including phenoxy) is 1. The first-order valence-electron chi connectivity index (χ1n) is 6.22. The van der Waals surface area contributed by atoms with Gasteiger partial charge in [-0.05, 0) is 31.2 Å². The highest BCUT2D eigenvalue weighted by molar-refractivity contribution is 5.14. The highest BCUT2D eigenvalue weighted by atomic mass is 16.5. The zero-order chi connectivity index (χ0) is 12.6. The topological polar surface area (TPSA) is 34.4 Å². The molecule has 0 saturated carbocycles. The van der Waals surface area contributed by atoms with Gasteiger partial charge in [0.05, 0.1) is 13.2 Å². The second kappa shape index (κ2) is 6.99. The van der Waals surface area contributed by atoms with Gasteiger partial charge in [0.25, 0.3) is 0 Å². The first-order chi connectivity index (χ1) is 8.88. The van der Waals surface area contributed by atoms with Crippen molar-refractivity contribution in [3.63, 3.8) is 0 Å². The Bertz CT molecular complexity index is 451. The Kier molecular flexibility index (Phi) is 5.00. The molecule has 2 aromatic rings. The molecule has 0 amide bonds. The third-order valence-corrected chi connectivity index (χ3v) is 2.69. The molecule has 0 aliphatic rings. The molecule has 1 aromatic carbocycles. The van der Waals surface area contributed by atoms with Crippen LogP contribution in [-0.2, 0) is 24.3 Å². The fourth-order valence-corrected chi connectivity index (χ4v) is 1.78. The van der Waals surface area contributed by atoms with Crippen LogP contribution in [-0.4, -0.2) is 13.7 Å². The maximum Gasteiger partial charge on any atom is 0.129 e. The maximum absolute atomic E-state index is 5.60. The summed E-state index contributed by atoms with van der Waals surface area (Å²) in [4.78, 5) is 0. The maximum atomic E-state index is 5.60. The van der Waals surface area contributed by atoms with E-state index in [0.29, 0.717) is 13.2 Å². The van der Waals surface area contributed by atoms with E-state index >= 15 is 0 Å². The lowest BCUT2D eigenvalue weighted by Crippen LogP contribution is -2.03. The van der Waals surface area contributed by atoms with Crippen LogP contribution in [0.25, 0.3) is 0 Å². The molecule has 1 aromatic heterocycles. The van der Waals surface area contributed by atoms with Gasteiger partial charge in [-0.1, -0.05) is 30.3 Å². The predicted octanol–water partition coefficient (Wildman–Crippen LogP) is 2.76. The molecule has 0 bridgehead atoms. The molecule has 18 heavy (non-hydrogen) atoms. The summed E-state index contributed by atoms with van der Waals surface area (Å²) in [5, 5.41) is 3.05. The van der Waals surface area contributed by atoms with Crippen LogP contribution in [0.2, 0.25) is 0 Å². The normalized spacial score (nSPS) is 10.7. The first kappa shape index (κ1) is 12.9. The molecule has 96 valence electrons. The third kappa shape index (κ3) is 4.02. The van der Waals surface area contributed by atoms with Crippen molar-refractivity contribution in [1.29, 1.82) is 0 Å². The molecule has 3 heteroatoms. The van der Waals surface area contributed by atoms with Crippen molar-refractivity contribution in [2.24, 2.45) is 0 Å². The Labute approximate surface area is 108 Å². The Hall–Kier alpha value is -1.58. The summed E-state index contributed by atoms with van der Waals surface area (Å²) in [7, 11) is 1.90. The minimum absolute atomic E-state index is 0.538. The van der Waals surface area contributed by atoms with E-state index in [4.69, 9.17) is 9.15 Å². The third-order valence-electron chi connectivity index (χ3n) is 2.69. The van der Waals surface area contributed by atoms with Crippen molar-refractivity contribution in [2.75, 3.05) is 13.7 Å². The van der Waals surface area contributed by atoms with E-state index in [2.05, 4.69) is 17.4 Å². The van der Waals surface area contributed by atoms with Crippen LogP contribution in [0.1, 0.15) is 17.1 Å². The largest absolute Gasteiger partial charge is 0.462 e. The van der Waals surface area contributed by atoms with Crippen molar-refractivity contribution >= 4 is 0 Å².